The summed E-state index contributed by atoms with van der Waals surface area (Å²) in [5.74, 6) is 5.50. The molecule has 4 nitrogen and oxygen atoms in total. The number of sulfonamides is 1. The highest BCUT2D eigenvalue weighted by molar-refractivity contribution is 7.89. The van der Waals surface area contributed by atoms with Crippen LogP contribution in [0.25, 0.3) is 0 Å². The van der Waals surface area contributed by atoms with Crippen LogP contribution in [0.5, 0.6) is 0 Å². The minimum Gasteiger partial charge on any atom is -0.398 e. The van der Waals surface area contributed by atoms with Crippen molar-refractivity contribution in [2.24, 2.45) is 0 Å². The predicted octanol–water partition coefficient (Wildman–Crippen LogP) is 1.27. The maximum atomic E-state index is 11.8. The second-order valence-electron chi connectivity index (χ2n) is 3.59. The molecular formula is C12H16N2O2S. The van der Waals surface area contributed by atoms with Crippen molar-refractivity contribution in [2.45, 2.75) is 25.2 Å². The fraction of sp³-hybridized carbons (Fsp3) is 0.333. The van der Waals surface area contributed by atoms with Crippen molar-refractivity contribution in [3.05, 3.63) is 23.8 Å². The topological polar surface area (TPSA) is 72.2 Å². The Morgan fingerprint density at radius 3 is 2.71 bits per heavy atom. The van der Waals surface area contributed by atoms with Gasteiger partial charge in [-0.2, -0.15) is 0 Å². The van der Waals surface area contributed by atoms with Gasteiger partial charge in [0, 0.05) is 18.7 Å². The van der Waals surface area contributed by atoms with Crippen molar-refractivity contribution in [1.29, 1.82) is 0 Å². The van der Waals surface area contributed by atoms with Gasteiger partial charge in [0.1, 0.15) is 0 Å². The molecule has 0 aliphatic rings. The van der Waals surface area contributed by atoms with Crippen molar-refractivity contribution in [2.75, 3.05) is 12.3 Å². The molecule has 3 N–H and O–H groups in total. The average Bonchev–Trinajstić information content (AvgIpc) is 2.28. The van der Waals surface area contributed by atoms with E-state index >= 15 is 0 Å². The van der Waals surface area contributed by atoms with Gasteiger partial charge < -0.3 is 5.73 Å². The summed E-state index contributed by atoms with van der Waals surface area (Å²) >= 11 is 0. The first-order valence-corrected chi connectivity index (χ1v) is 6.71. The second-order valence-corrected chi connectivity index (χ2v) is 5.36. The van der Waals surface area contributed by atoms with E-state index in [0.717, 1.165) is 5.56 Å². The molecule has 0 saturated heterocycles. The maximum Gasteiger partial charge on any atom is 0.240 e. The molecule has 0 amide bonds. The Morgan fingerprint density at radius 2 is 2.12 bits per heavy atom. The second kappa shape index (κ2) is 5.71. The van der Waals surface area contributed by atoms with Crippen molar-refractivity contribution >= 4 is 15.7 Å². The van der Waals surface area contributed by atoms with Gasteiger partial charge in [0.25, 0.3) is 0 Å². The molecule has 1 aromatic carbocycles. The zero-order valence-corrected chi connectivity index (χ0v) is 10.8. The normalized spacial score (nSPS) is 10.7. The van der Waals surface area contributed by atoms with E-state index in [0.29, 0.717) is 18.7 Å². The predicted molar refractivity (Wildman–Crippen MR) is 68.8 cm³/mol. The number of hydrogen-bond acceptors (Lipinski definition) is 3. The van der Waals surface area contributed by atoms with Crippen LogP contribution >= 0.6 is 0 Å². The molecule has 0 aromatic heterocycles. The highest BCUT2D eigenvalue weighted by Crippen LogP contribution is 2.16. The standard InChI is InChI=1S/C12H16N2O2S/c1-3-4-5-8-14-17(15,16)11-7-6-10(2)12(13)9-11/h6-7,9,14H,5,8,13H2,1-2H3. The van der Waals surface area contributed by atoms with Gasteiger partial charge in [0.05, 0.1) is 4.90 Å². The van der Waals surface area contributed by atoms with Crippen LogP contribution in [0.4, 0.5) is 5.69 Å². The van der Waals surface area contributed by atoms with Gasteiger partial charge in [-0.1, -0.05) is 6.07 Å². The third kappa shape index (κ3) is 3.77. The molecule has 0 aliphatic carbocycles. The van der Waals surface area contributed by atoms with Crippen LogP contribution in [0.1, 0.15) is 18.9 Å². The number of anilines is 1. The molecule has 0 spiro atoms. The quantitative estimate of drug-likeness (QED) is 0.481. The molecule has 0 atom stereocenters. The van der Waals surface area contributed by atoms with E-state index in [9.17, 15) is 8.42 Å². The van der Waals surface area contributed by atoms with Gasteiger partial charge in [-0.25, -0.2) is 13.1 Å². The van der Waals surface area contributed by atoms with Crippen LogP contribution in [-0.4, -0.2) is 15.0 Å². The summed E-state index contributed by atoms with van der Waals surface area (Å²) in [5.41, 5.74) is 7.01. The third-order valence-electron chi connectivity index (χ3n) is 2.28. The Balaban J connectivity index is 2.81. The van der Waals surface area contributed by atoms with Gasteiger partial charge in [0.2, 0.25) is 10.0 Å². The van der Waals surface area contributed by atoms with E-state index in [1.165, 1.54) is 6.07 Å². The smallest absolute Gasteiger partial charge is 0.240 e. The maximum absolute atomic E-state index is 11.8. The third-order valence-corrected chi connectivity index (χ3v) is 3.74. The Kier molecular flexibility index (Phi) is 4.55. The molecule has 1 aromatic rings. The summed E-state index contributed by atoms with van der Waals surface area (Å²) in [6.07, 6.45) is 0.497. The highest BCUT2D eigenvalue weighted by atomic mass is 32.2. The van der Waals surface area contributed by atoms with Crippen molar-refractivity contribution in [1.82, 2.24) is 4.72 Å². The molecule has 92 valence electrons. The summed E-state index contributed by atoms with van der Waals surface area (Å²) in [6.45, 7) is 3.85. The lowest BCUT2D eigenvalue weighted by Gasteiger charge is -2.07. The molecule has 0 saturated carbocycles. The summed E-state index contributed by atoms with van der Waals surface area (Å²) in [5, 5.41) is 0. The van der Waals surface area contributed by atoms with Crippen molar-refractivity contribution < 1.29 is 8.42 Å². The average molecular weight is 252 g/mol. The Hall–Kier alpha value is -1.51. The van der Waals surface area contributed by atoms with E-state index in [4.69, 9.17) is 5.73 Å². The Morgan fingerprint density at radius 1 is 1.41 bits per heavy atom. The fourth-order valence-electron chi connectivity index (χ4n) is 1.24. The Bertz CT molecular complexity index is 554. The summed E-state index contributed by atoms with van der Waals surface area (Å²) in [6, 6.07) is 4.69. The van der Waals surface area contributed by atoms with Gasteiger partial charge in [-0.05, 0) is 31.5 Å². The largest absolute Gasteiger partial charge is 0.398 e. The molecular weight excluding hydrogens is 236 g/mol. The van der Waals surface area contributed by atoms with E-state index in [1.807, 2.05) is 6.92 Å². The van der Waals surface area contributed by atoms with E-state index in [-0.39, 0.29) is 4.90 Å². The monoisotopic (exact) mass is 252 g/mol. The SMILES string of the molecule is CC#CCCNS(=O)(=O)c1ccc(C)c(N)c1. The van der Waals surface area contributed by atoms with Gasteiger partial charge in [0.15, 0.2) is 0 Å². The minimum absolute atomic E-state index is 0.185. The van der Waals surface area contributed by atoms with Crippen molar-refractivity contribution in [3.63, 3.8) is 0 Å². The zero-order valence-electron chi connectivity index (χ0n) is 9.95. The lowest BCUT2D eigenvalue weighted by atomic mass is 10.2. The highest BCUT2D eigenvalue weighted by Gasteiger charge is 2.13. The minimum atomic E-state index is -3.48. The first-order chi connectivity index (χ1) is 7.97. The van der Waals surface area contributed by atoms with Crippen LogP contribution in [-0.2, 0) is 10.0 Å². The Labute approximate surface area is 102 Å². The molecule has 0 unspecified atom stereocenters. The number of hydrogen-bond donors (Lipinski definition) is 2. The van der Waals surface area contributed by atoms with Crippen molar-refractivity contribution in [3.8, 4) is 11.8 Å². The lowest BCUT2D eigenvalue weighted by Crippen LogP contribution is -2.24. The fourth-order valence-corrected chi connectivity index (χ4v) is 2.31. The van der Waals surface area contributed by atoms with E-state index < -0.39 is 10.0 Å². The number of benzene rings is 1. The van der Waals surface area contributed by atoms with Crippen LogP contribution in [0, 0.1) is 18.8 Å². The molecule has 5 heteroatoms. The van der Waals surface area contributed by atoms with E-state index in [2.05, 4.69) is 16.6 Å². The number of aryl methyl sites for hydroxylation is 1. The zero-order chi connectivity index (χ0) is 12.9. The number of nitrogens with two attached hydrogens (primary N) is 1. The molecule has 0 bridgehead atoms. The van der Waals surface area contributed by atoms with Crippen LogP contribution in [0.3, 0.4) is 0 Å². The first-order valence-electron chi connectivity index (χ1n) is 5.23. The molecule has 0 radical (unpaired) electrons. The number of nitrogen functional groups attached to an aromatic ring is 1. The summed E-state index contributed by atoms with van der Waals surface area (Å²) in [7, 11) is -3.48. The van der Waals surface area contributed by atoms with Crippen LogP contribution < -0.4 is 10.5 Å². The lowest BCUT2D eigenvalue weighted by molar-refractivity contribution is 0.582. The van der Waals surface area contributed by atoms with E-state index in [1.54, 1.807) is 19.1 Å². The number of rotatable bonds is 4. The molecule has 0 fully saturated rings. The van der Waals surface area contributed by atoms with Gasteiger partial charge >= 0.3 is 0 Å². The number of nitrogens with one attached hydrogen (secondary N) is 1. The summed E-state index contributed by atoms with van der Waals surface area (Å²) in [4.78, 5) is 0.185. The molecule has 17 heavy (non-hydrogen) atoms. The molecule has 1 rings (SSSR count). The van der Waals surface area contributed by atoms with Gasteiger partial charge in [-0.3, -0.25) is 0 Å². The van der Waals surface area contributed by atoms with Crippen LogP contribution in [0.15, 0.2) is 23.1 Å². The molecule has 0 aliphatic heterocycles. The molecule has 0 heterocycles. The first kappa shape index (κ1) is 13.6. The summed E-state index contributed by atoms with van der Waals surface area (Å²) < 4.78 is 26.2. The van der Waals surface area contributed by atoms with Crippen LogP contribution in [0.2, 0.25) is 0 Å². The van der Waals surface area contributed by atoms with Gasteiger partial charge in [-0.15, -0.1) is 11.8 Å².